The number of nitrogens with zero attached hydrogens (tertiary/aromatic N) is 3. The molecule has 1 heterocycles. The van der Waals surface area contributed by atoms with Gasteiger partial charge in [-0.25, -0.2) is 13.9 Å². The van der Waals surface area contributed by atoms with Gasteiger partial charge in [0.15, 0.2) is 11.2 Å². The number of amides is 1. The number of ketones is 1. The number of aromatic nitrogens is 3. The molecule has 51 heavy (non-hydrogen) atoms. The van der Waals surface area contributed by atoms with E-state index in [-0.39, 0.29) is 29.6 Å². The number of fused-ring (bicyclic) bond motifs is 1. The van der Waals surface area contributed by atoms with Crippen LogP contribution in [0, 0.1) is 11.2 Å². The number of aryl methyl sites for hydroxylation is 1. The Morgan fingerprint density at radius 2 is 1.51 bits per heavy atom. The van der Waals surface area contributed by atoms with Crippen LogP contribution in [0.4, 0.5) is 14.9 Å². The number of Topliss-reactive ketones (excluding diaryl/α,β-unsaturated/α-hetero) is 1. The predicted molar refractivity (Wildman–Crippen MR) is 185 cm³/mol. The second kappa shape index (κ2) is 15.5. The van der Waals surface area contributed by atoms with Crippen molar-refractivity contribution in [3.63, 3.8) is 0 Å². The molecule has 0 aliphatic rings. The van der Waals surface area contributed by atoms with Crippen LogP contribution in [0.5, 0.6) is 5.75 Å². The highest BCUT2D eigenvalue weighted by molar-refractivity contribution is 6.07. The maximum absolute atomic E-state index is 14.0. The van der Waals surface area contributed by atoms with Gasteiger partial charge in [0.05, 0.1) is 12.5 Å². The molecule has 1 amide bonds. The molecule has 0 aliphatic heterocycles. The van der Waals surface area contributed by atoms with E-state index >= 15 is 0 Å². The Hall–Kier alpha value is -5.66. The van der Waals surface area contributed by atoms with Crippen LogP contribution in [0.3, 0.4) is 0 Å². The molecule has 270 valence electrons. The van der Waals surface area contributed by atoms with E-state index in [2.05, 4.69) is 20.4 Å². The monoisotopic (exact) mass is 704 g/mol. The number of halogens is 1. The van der Waals surface area contributed by atoms with Crippen LogP contribution in [0.2, 0.25) is 0 Å². The van der Waals surface area contributed by atoms with E-state index in [1.807, 2.05) is 6.07 Å². The number of ether oxygens (including phenoxy) is 4. The Kier molecular flexibility index (Phi) is 11.6. The van der Waals surface area contributed by atoms with E-state index in [1.165, 1.54) is 25.3 Å². The van der Waals surface area contributed by atoms with Crippen LogP contribution in [0.25, 0.3) is 10.9 Å². The van der Waals surface area contributed by atoms with Crippen molar-refractivity contribution in [2.24, 2.45) is 5.41 Å². The van der Waals surface area contributed by atoms with Crippen LogP contribution in [0.1, 0.15) is 70.3 Å². The zero-order valence-corrected chi connectivity index (χ0v) is 29.6. The van der Waals surface area contributed by atoms with Crippen molar-refractivity contribution in [1.82, 2.24) is 15.0 Å². The number of benzene rings is 3. The van der Waals surface area contributed by atoms with Crippen molar-refractivity contribution in [1.29, 1.82) is 0 Å². The molecule has 0 saturated carbocycles. The molecule has 13 nitrogen and oxygen atoms in total. The highest BCUT2D eigenvalue weighted by Crippen LogP contribution is 2.36. The average Bonchev–Trinajstić information content (AvgIpc) is 3.05. The SMILES string of the molecule is COC(=O)Nc1cccc(COc2ccc(C(=O)CC(CCn3nnc4cc(F)ccc4c3=O)(C(=O)OC(C)(C)C)C(=O)OC(C)(C)C)cc2)c1. The number of methoxy groups -OCH3 is 1. The van der Waals surface area contributed by atoms with Crippen molar-refractivity contribution in [2.45, 2.75) is 78.7 Å². The van der Waals surface area contributed by atoms with Gasteiger partial charge in [-0.15, -0.1) is 5.10 Å². The summed E-state index contributed by atoms with van der Waals surface area (Å²) < 4.78 is 36.6. The van der Waals surface area contributed by atoms with Gasteiger partial charge in [-0.05, 0) is 102 Å². The first-order chi connectivity index (χ1) is 23.9. The van der Waals surface area contributed by atoms with Gasteiger partial charge in [0.25, 0.3) is 5.56 Å². The van der Waals surface area contributed by atoms with Crippen LogP contribution < -0.4 is 15.6 Å². The molecule has 0 unspecified atom stereocenters. The molecular weight excluding hydrogens is 663 g/mol. The first-order valence-corrected chi connectivity index (χ1v) is 16.1. The first kappa shape index (κ1) is 38.1. The third kappa shape index (κ3) is 10.2. The van der Waals surface area contributed by atoms with Gasteiger partial charge in [0.2, 0.25) is 0 Å². The molecule has 14 heteroatoms. The molecule has 1 N–H and O–H groups in total. The third-order valence-electron chi connectivity index (χ3n) is 7.42. The summed E-state index contributed by atoms with van der Waals surface area (Å²) in [5, 5.41) is 10.5. The number of rotatable bonds is 12. The van der Waals surface area contributed by atoms with E-state index in [1.54, 1.807) is 71.9 Å². The summed E-state index contributed by atoms with van der Waals surface area (Å²) in [4.78, 5) is 66.7. The molecule has 0 aliphatic carbocycles. The minimum absolute atomic E-state index is 0.0356. The van der Waals surface area contributed by atoms with E-state index in [4.69, 9.17) is 14.2 Å². The Morgan fingerprint density at radius 1 is 0.863 bits per heavy atom. The highest BCUT2D eigenvalue weighted by atomic mass is 19.1. The highest BCUT2D eigenvalue weighted by Gasteiger charge is 2.52. The molecule has 0 radical (unpaired) electrons. The summed E-state index contributed by atoms with van der Waals surface area (Å²) in [7, 11) is 1.26. The summed E-state index contributed by atoms with van der Waals surface area (Å²) in [6.07, 6.45) is -1.67. The second-order valence-electron chi connectivity index (χ2n) is 13.8. The van der Waals surface area contributed by atoms with Crippen molar-refractivity contribution >= 4 is 40.4 Å². The fourth-order valence-electron chi connectivity index (χ4n) is 4.95. The number of hydrogen-bond donors (Lipinski definition) is 1. The number of carbonyl (C=O) groups is 4. The van der Waals surface area contributed by atoms with Gasteiger partial charge >= 0.3 is 18.0 Å². The van der Waals surface area contributed by atoms with Crippen LogP contribution >= 0.6 is 0 Å². The molecule has 4 rings (SSSR count). The van der Waals surface area contributed by atoms with Gasteiger partial charge in [0.1, 0.15) is 34.9 Å². The maximum atomic E-state index is 14.0. The minimum atomic E-state index is -2.20. The molecule has 0 bridgehead atoms. The number of carbonyl (C=O) groups excluding carboxylic acids is 4. The summed E-state index contributed by atoms with van der Waals surface area (Å²) in [6.45, 7) is 9.55. The van der Waals surface area contributed by atoms with E-state index in [9.17, 15) is 28.4 Å². The second-order valence-corrected chi connectivity index (χ2v) is 13.8. The topological polar surface area (TPSA) is 165 Å². The lowest BCUT2D eigenvalue weighted by Crippen LogP contribution is -2.49. The zero-order chi connectivity index (χ0) is 37.6. The number of hydrogen-bond acceptors (Lipinski definition) is 11. The summed E-state index contributed by atoms with van der Waals surface area (Å²) in [5.74, 6) is -2.76. The molecular formula is C37H41FN4O9. The van der Waals surface area contributed by atoms with Gasteiger partial charge < -0.3 is 18.9 Å². The van der Waals surface area contributed by atoms with E-state index in [0.717, 1.165) is 22.4 Å². The standard InChI is InChI=1S/C37H41FN4O9/c1-35(2,3)50-32(45)37(33(46)51-36(4,5)6,17-18-42-31(44)28-16-13-25(38)20-29(28)40-41-42)21-30(43)24-11-14-27(15-12-24)49-22-23-9-8-10-26(19-23)39-34(47)48-7/h8-16,19-20H,17-18,21-22H2,1-7H3,(H,39,47). The lowest BCUT2D eigenvalue weighted by atomic mass is 9.78. The normalized spacial score (nSPS) is 11.8. The summed E-state index contributed by atoms with van der Waals surface area (Å²) >= 11 is 0. The zero-order valence-electron chi connectivity index (χ0n) is 29.6. The quantitative estimate of drug-likeness (QED) is 0.0793. The minimum Gasteiger partial charge on any atom is -0.489 e. The molecule has 0 spiro atoms. The van der Waals surface area contributed by atoms with E-state index in [0.29, 0.717) is 11.4 Å². The molecule has 0 fully saturated rings. The van der Waals surface area contributed by atoms with Crippen molar-refractivity contribution < 1.29 is 42.5 Å². The number of anilines is 1. The Morgan fingerprint density at radius 3 is 2.12 bits per heavy atom. The van der Waals surface area contributed by atoms with Gasteiger partial charge in [-0.2, -0.15) is 0 Å². The summed E-state index contributed by atoms with van der Waals surface area (Å²) in [5.41, 5.74) is -3.44. The Bertz CT molecular complexity index is 1950. The van der Waals surface area contributed by atoms with Crippen molar-refractivity contribution in [2.75, 3.05) is 12.4 Å². The Balaban J connectivity index is 1.62. The fraction of sp³-hybridized carbons (Fsp3) is 0.378. The van der Waals surface area contributed by atoms with Crippen LogP contribution in [-0.2, 0) is 37.0 Å². The van der Waals surface area contributed by atoms with Crippen LogP contribution in [0.15, 0.2) is 71.5 Å². The first-order valence-electron chi connectivity index (χ1n) is 16.1. The number of nitrogens with one attached hydrogen (secondary N) is 1. The predicted octanol–water partition coefficient (Wildman–Crippen LogP) is 6.02. The molecule has 4 aromatic rings. The van der Waals surface area contributed by atoms with Crippen LogP contribution in [-0.4, -0.2) is 57.1 Å². The van der Waals surface area contributed by atoms with Gasteiger partial charge in [-0.3, -0.25) is 24.5 Å². The molecule has 3 aromatic carbocycles. The Labute approximate surface area is 294 Å². The van der Waals surface area contributed by atoms with E-state index < -0.39 is 64.7 Å². The average molecular weight is 705 g/mol. The molecule has 1 aromatic heterocycles. The maximum Gasteiger partial charge on any atom is 0.411 e. The smallest absolute Gasteiger partial charge is 0.411 e. The largest absolute Gasteiger partial charge is 0.489 e. The lowest BCUT2D eigenvalue weighted by Gasteiger charge is -2.34. The van der Waals surface area contributed by atoms with Crippen molar-refractivity contribution in [3.05, 3.63) is 94.0 Å². The fourth-order valence-corrected chi connectivity index (χ4v) is 4.95. The van der Waals surface area contributed by atoms with Gasteiger partial charge in [-0.1, -0.05) is 17.3 Å². The van der Waals surface area contributed by atoms with Crippen molar-refractivity contribution in [3.8, 4) is 5.75 Å². The van der Waals surface area contributed by atoms with Gasteiger partial charge in [0, 0.05) is 30.3 Å². The lowest BCUT2D eigenvalue weighted by molar-refractivity contribution is -0.186. The third-order valence-corrected chi connectivity index (χ3v) is 7.42. The molecule has 0 atom stereocenters. The molecule has 0 saturated heterocycles. The summed E-state index contributed by atoms with van der Waals surface area (Å²) in [6, 6.07) is 16.6. The number of esters is 2.